The van der Waals surface area contributed by atoms with Crippen LogP contribution < -0.4 is 5.32 Å². The van der Waals surface area contributed by atoms with Crippen LogP contribution in [-0.4, -0.2) is 77.9 Å². The van der Waals surface area contributed by atoms with E-state index in [1.54, 1.807) is 4.90 Å². The first-order valence-corrected chi connectivity index (χ1v) is 6.02. The number of nitrogens with one attached hydrogen (secondary N) is 1. The van der Waals surface area contributed by atoms with Crippen LogP contribution in [0.15, 0.2) is 0 Å². The number of carboxylic acid groups (broad SMARTS) is 1. The Morgan fingerprint density at radius 2 is 2.17 bits per heavy atom. The number of carbonyl (C=O) groups is 2. The second kappa shape index (κ2) is 6.55. The molecule has 2 atom stereocenters. The number of aliphatic hydroxyl groups excluding tert-OH is 1. The van der Waals surface area contributed by atoms with E-state index in [-0.39, 0.29) is 19.0 Å². The Kier molecular flexibility index (Phi) is 5.36. The topological polar surface area (TPSA) is 93.1 Å². The first-order chi connectivity index (χ1) is 8.41. The van der Waals surface area contributed by atoms with Gasteiger partial charge in [0.2, 0.25) is 0 Å². The van der Waals surface area contributed by atoms with Gasteiger partial charge in [-0.15, -0.1) is 0 Å². The molecule has 1 saturated heterocycles. The second-order valence-corrected chi connectivity index (χ2v) is 4.73. The van der Waals surface area contributed by atoms with Crippen LogP contribution in [0, 0.1) is 0 Å². The maximum atomic E-state index is 11.7. The molecule has 0 aromatic carbocycles. The number of likely N-dealkylation sites (N-methyl/N-ethyl adjacent to an activating group) is 1. The molecule has 1 aliphatic heterocycles. The number of carbonyl (C=O) groups excluding carboxylic acids is 1. The van der Waals surface area contributed by atoms with Crippen LogP contribution >= 0.6 is 0 Å². The van der Waals surface area contributed by atoms with Crippen molar-refractivity contribution in [2.24, 2.45) is 0 Å². The highest BCUT2D eigenvalue weighted by Crippen LogP contribution is 2.12. The molecule has 7 nitrogen and oxygen atoms in total. The lowest BCUT2D eigenvalue weighted by Gasteiger charge is -2.20. The summed E-state index contributed by atoms with van der Waals surface area (Å²) in [6.07, 6.45) is -0.456. The Bertz CT molecular complexity index is 309. The van der Waals surface area contributed by atoms with Gasteiger partial charge < -0.3 is 25.3 Å². The fourth-order valence-corrected chi connectivity index (χ4v) is 1.90. The molecule has 1 heterocycles. The van der Waals surface area contributed by atoms with Gasteiger partial charge in [0.05, 0.1) is 0 Å². The number of rotatable bonds is 5. The average Bonchev–Trinajstić information content (AvgIpc) is 2.77. The molecular weight excluding hydrogens is 238 g/mol. The molecule has 104 valence electrons. The van der Waals surface area contributed by atoms with E-state index in [1.165, 1.54) is 0 Å². The highest BCUT2D eigenvalue weighted by molar-refractivity contribution is 5.75. The Labute approximate surface area is 106 Å². The van der Waals surface area contributed by atoms with Crippen LogP contribution in [0.25, 0.3) is 0 Å². The molecule has 0 spiro atoms. The summed E-state index contributed by atoms with van der Waals surface area (Å²) in [5.41, 5.74) is 0. The molecule has 18 heavy (non-hydrogen) atoms. The summed E-state index contributed by atoms with van der Waals surface area (Å²) < 4.78 is 0. The van der Waals surface area contributed by atoms with E-state index in [2.05, 4.69) is 10.2 Å². The summed E-state index contributed by atoms with van der Waals surface area (Å²) in [4.78, 5) is 25.9. The molecule has 0 saturated carbocycles. The van der Waals surface area contributed by atoms with Gasteiger partial charge in [0.1, 0.15) is 0 Å². The van der Waals surface area contributed by atoms with Gasteiger partial charge in [-0.3, -0.25) is 0 Å². The van der Waals surface area contributed by atoms with Crippen molar-refractivity contribution in [2.45, 2.75) is 25.0 Å². The molecule has 1 aliphatic rings. The number of hydrogen-bond donors (Lipinski definition) is 3. The largest absolute Gasteiger partial charge is 0.479 e. The first kappa shape index (κ1) is 14.7. The molecule has 2 amide bonds. The van der Waals surface area contributed by atoms with Gasteiger partial charge in [0.15, 0.2) is 6.10 Å². The monoisotopic (exact) mass is 259 g/mol. The van der Waals surface area contributed by atoms with Crippen LogP contribution in [-0.2, 0) is 4.79 Å². The Balaban J connectivity index is 2.24. The van der Waals surface area contributed by atoms with Gasteiger partial charge in [0.25, 0.3) is 0 Å². The van der Waals surface area contributed by atoms with E-state index < -0.39 is 12.1 Å². The smallest absolute Gasteiger partial charge is 0.332 e. The lowest BCUT2D eigenvalue weighted by molar-refractivity contribution is -0.146. The van der Waals surface area contributed by atoms with Gasteiger partial charge >= 0.3 is 12.0 Å². The normalized spacial score (nSPS) is 21.1. The third-order valence-corrected chi connectivity index (χ3v) is 3.16. The van der Waals surface area contributed by atoms with Crippen molar-refractivity contribution in [3.8, 4) is 0 Å². The number of amides is 2. The second-order valence-electron chi connectivity index (χ2n) is 4.73. The van der Waals surface area contributed by atoms with E-state index in [4.69, 9.17) is 10.2 Å². The van der Waals surface area contributed by atoms with Gasteiger partial charge in [-0.05, 0) is 20.5 Å². The van der Waals surface area contributed by atoms with E-state index in [1.807, 2.05) is 14.1 Å². The lowest BCUT2D eigenvalue weighted by Crippen LogP contribution is -2.41. The van der Waals surface area contributed by atoms with Crippen molar-refractivity contribution >= 4 is 12.0 Å². The number of urea groups is 1. The number of nitrogens with zero attached hydrogens (tertiary/aromatic N) is 2. The Morgan fingerprint density at radius 3 is 2.67 bits per heavy atom. The average molecular weight is 259 g/mol. The fourth-order valence-electron chi connectivity index (χ4n) is 1.90. The summed E-state index contributed by atoms with van der Waals surface area (Å²) >= 11 is 0. The predicted octanol–water partition coefficient (Wildman–Crippen LogP) is -0.832. The Hall–Kier alpha value is -1.34. The van der Waals surface area contributed by atoms with Crippen LogP contribution in [0.1, 0.15) is 12.8 Å². The lowest BCUT2D eigenvalue weighted by atomic mass is 10.2. The summed E-state index contributed by atoms with van der Waals surface area (Å²) in [6, 6.07) is 0.178. The first-order valence-electron chi connectivity index (χ1n) is 6.02. The molecule has 3 N–H and O–H groups in total. The molecule has 0 radical (unpaired) electrons. The molecule has 0 aliphatic carbocycles. The van der Waals surface area contributed by atoms with E-state index in [9.17, 15) is 9.59 Å². The van der Waals surface area contributed by atoms with Gasteiger partial charge in [0, 0.05) is 32.1 Å². The van der Waals surface area contributed by atoms with Gasteiger partial charge in [-0.1, -0.05) is 0 Å². The molecule has 7 heteroatoms. The number of hydrogen-bond acceptors (Lipinski definition) is 4. The quantitative estimate of drug-likeness (QED) is 0.599. The van der Waals surface area contributed by atoms with Crippen molar-refractivity contribution < 1.29 is 19.8 Å². The summed E-state index contributed by atoms with van der Waals surface area (Å²) in [7, 11) is 3.96. The standard InChI is InChI=1S/C11H21N3O4/c1-13(2)8-4-6-14(7-8)11(18)12-5-3-9(15)10(16)17/h8-9,15H,3-7H2,1-2H3,(H,12,18)(H,16,17)/t8?,9-/m0/s1. The SMILES string of the molecule is CN(C)C1CCN(C(=O)NCC[C@H](O)C(=O)O)C1. The molecule has 1 unspecified atom stereocenters. The summed E-state index contributed by atoms with van der Waals surface area (Å²) in [5.74, 6) is -1.27. The maximum absolute atomic E-state index is 11.7. The minimum atomic E-state index is -1.42. The van der Waals surface area contributed by atoms with Crippen LogP contribution in [0.5, 0.6) is 0 Å². The predicted molar refractivity (Wildman–Crippen MR) is 65.3 cm³/mol. The van der Waals surface area contributed by atoms with Crippen LogP contribution in [0.4, 0.5) is 4.79 Å². The number of aliphatic hydroxyl groups is 1. The summed E-state index contributed by atoms with van der Waals surface area (Å²) in [6.45, 7) is 1.55. The number of carboxylic acids is 1. The molecule has 1 fully saturated rings. The van der Waals surface area contributed by atoms with E-state index in [0.29, 0.717) is 19.1 Å². The molecule has 0 aromatic heterocycles. The maximum Gasteiger partial charge on any atom is 0.332 e. The van der Waals surface area contributed by atoms with Crippen LogP contribution in [0.2, 0.25) is 0 Å². The number of likely N-dealkylation sites (tertiary alicyclic amines) is 1. The zero-order valence-electron chi connectivity index (χ0n) is 10.8. The highest BCUT2D eigenvalue weighted by atomic mass is 16.4. The van der Waals surface area contributed by atoms with Crippen molar-refractivity contribution in [1.82, 2.24) is 15.1 Å². The van der Waals surface area contributed by atoms with Crippen molar-refractivity contribution in [1.29, 1.82) is 0 Å². The van der Waals surface area contributed by atoms with Gasteiger partial charge in [-0.25, -0.2) is 9.59 Å². The third kappa shape index (κ3) is 4.15. The molecule has 0 aromatic rings. The molecule has 0 bridgehead atoms. The zero-order chi connectivity index (χ0) is 13.7. The molecule has 1 rings (SSSR count). The Morgan fingerprint density at radius 1 is 1.50 bits per heavy atom. The minimum absolute atomic E-state index is 0.0199. The fraction of sp³-hybridized carbons (Fsp3) is 0.818. The highest BCUT2D eigenvalue weighted by Gasteiger charge is 2.27. The van der Waals surface area contributed by atoms with Gasteiger partial charge in [-0.2, -0.15) is 0 Å². The van der Waals surface area contributed by atoms with Crippen LogP contribution in [0.3, 0.4) is 0 Å². The van der Waals surface area contributed by atoms with E-state index in [0.717, 1.165) is 6.42 Å². The summed E-state index contributed by atoms with van der Waals surface area (Å²) in [5, 5.41) is 20.1. The molecular formula is C11H21N3O4. The minimum Gasteiger partial charge on any atom is -0.479 e. The third-order valence-electron chi connectivity index (χ3n) is 3.16. The zero-order valence-corrected chi connectivity index (χ0v) is 10.8. The van der Waals surface area contributed by atoms with Crippen molar-refractivity contribution in [3.63, 3.8) is 0 Å². The van der Waals surface area contributed by atoms with Crippen molar-refractivity contribution in [2.75, 3.05) is 33.7 Å². The van der Waals surface area contributed by atoms with Crippen molar-refractivity contribution in [3.05, 3.63) is 0 Å². The van der Waals surface area contributed by atoms with E-state index >= 15 is 0 Å². The number of aliphatic carboxylic acids is 1.